The van der Waals surface area contributed by atoms with Crippen LogP contribution in [-0.4, -0.2) is 12.3 Å². The maximum absolute atomic E-state index is 11.5. The summed E-state index contributed by atoms with van der Waals surface area (Å²) in [5, 5.41) is 0. The summed E-state index contributed by atoms with van der Waals surface area (Å²) in [7, 11) is 0. The Morgan fingerprint density at radius 3 is 1.00 bits per heavy atom. The zero-order valence-electron chi connectivity index (χ0n) is 6.48. The van der Waals surface area contributed by atoms with Crippen molar-refractivity contribution < 1.29 is 8.78 Å². The third-order valence-electron chi connectivity index (χ3n) is 2.02. The van der Waals surface area contributed by atoms with Gasteiger partial charge < -0.3 is 0 Å². The van der Waals surface area contributed by atoms with Crippen molar-refractivity contribution in [2.75, 3.05) is 0 Å². The minimum Gasteiger partial charge on any atom is -0.247 e. The third-order valence-corrected chi connectivity index (χ3v) is 2.02. The highest BCUT2D eigenvalue weighted by atomic mass is 19.1. The molecule has 2 fully saturated rings. The van der Waals surface area contributed by atoms with Crippen LogP contribution in [0, 0.1) is 11.8 Å². The van der Waals surface area contributed by atoms with Gasteiger partial charge in [-0.05, 0) is 24.7 Å². The molecule has 2 aliphatic rings. The quantitative estimate of drug-likeness (QED) is 0.495. The predicted molar refractivity (Wildman–Crippen MR) is 37.4 cm³/mol. The fourth-order valence-electron chi connectivity index (χ4n) is 0.553. The van der Waals surface area contributed by atoms with E-state index in [1.165, 1.54) is 0 Å². The van der Waals surface area contributed by atoms with Gasteiger partial charge in [-0.1, -0.05) is 13.8 Å². The fourth-order valence-corrected chi connectivity index (χ4v) is 0.553. The summed E-state index contributed by atoms with van der Waals surface area (Å²) in [5.41, 5.74) is 0. The van der Waals surface area contributed by atoms with E-state index in [-0.39, 0.29) is 0 Å². The average Bonchev–Trinajstić information content (AvgIpc) is 2.62. The fraction of sp³-hybridized carbons (Fsp3) is 1.00. The topological polar surface area (TPSA) is 0 Å². The van der Waals surface area contributed by atoms with E-state index in [4.69, 9.17) is 0 Å². The minimum absolute atomic E-state index is 0.384. The van der Waals surface area contributed by atoms with E-state index in [0.717, 1.165) is 12.8 Å². The molecule has 2 saturated carbocycles. The van der Waals surface area contributed by atoms with Gasteiger partial charge in [0.15, 0.2) is 0 Å². The van der Waals surface area contributed by atoms with Crippen molar-refractivity contribution in [1.82, 2.24) is 0 Å². The van der Waals surface area contributed by atoms with Gasteiger partial charge in [0.25, 0.3) is 0 Å². The largest absolute Gasteiger partial charge is 0.247 e. The standard InChI is InChI=1S/2C4H7F/c2*1-3-2-4(3)5/h2*3-4H,2H2,1H3/t2*3-,4-/m11/s1. The van der Waals surface area contributed by atoms with Crippen LogP contribution >= 0.6 is 0 Å². The Morgan fingerprint density at radius 2 is 1.00 bits per heavy atom. The Balaban J connectivity index is 0.0000001000. The van der Waals surface area contributed by atoms with Gasteiger partial charge in [0.2, 0.25) is 0 Å². The molecule has 0 aromatic rings. The van der Waals surface area contributed by atoms with Crippen molar-refractivity contribution in [2.24, 2.45) is 11.8 Å². The SMILES string of the molecule is C[C@@H]1C[C@H]1F.C[C@@H]1C[C@H]1F. The molecule has 60 valence electrons. The monoisotopic (exact) mass is 148 g/mol. The second-order valence-electron chi connectivity index (χ2n) is 3.46. The number of rotatable bonds is 0. The first-order valence-corrected chi connectivity index (χ1v) is 3.89. The molecule has 0 aromatic carbocycles. The van der Waals surface area contributed by atoms with Gasteiger partial charge in [-0.2, -0.15) is 0 Å². The van der Waals surface area contributed by atoms with Crippen molar-refractivity contribution >= 4 is 0 Å². The lowest BCUT2D eigenvalue weighted by Gasteiger charge is -1.63. The Labute approximate surface area is 60.6 Å². The lowest BCUT2D eigenvalue weighted by atomic mass is 10.5. The summed E-state index contributed by atoms with van der Waals surface area (Å²) in [4.78, 5) is 0. The Morgan fingerprint density at radius 1 is 0.900 bits per heavy atom. The van der Waals surface area contributed by atoms with Crippen molar-refractivity contribution in [3.05, 3.63) is 0 Å². The molecule has 0 aromatic heterocycles. The predicted octanol–water partition coefficient (Wildman–Crippen LogP) is 2.73. The molecule has 0 bridgehead atoms. The summed E-state index contributed by atoms with van der Waals surface area (Å²) in [6.45, 7) is 3.84. The molecule has 0 unspecified atom stereocenters. The number of alkyl halides is 2. The number of halogens is 2. The minimum atomic E-state index is -0.449. The normalized spacial score (nSPS) is 49.2. The molecule has 0 N–H and O–H groups in total. The van der Waals surface area contributed by atoms with E-state index in [0.29, 0.717) is 11.8 Å². The molecule has 0 aliphatic heterocycles. The van der Waals surface area contributed by atoms with E-state index >= 15 is 0 Å². The molecular formula is C8H14F2. The van der Waals surface area contributed by atoms with Gasteiger partial charge in [-0.15, -0.1) is 0 Å². The Bertz CT molecular complexity index is 87.8. The molecule has 0 heterocycles. The van der Waals surface area contributed by atoms with Crippen LogP contribution in [0.25, 0.3) is 0 Å². The van der Waals surface area contributed by atoms with E-state index in [1.54, 1.807) is 0 Å². The molecule has 4 atom stereocenters. The summed E-state index contributed by atoms with van der Waals surface area (Å²) >= 11 is 0. The lowest BCUT2D eigenvalue weighted by molar-refractivity contribution is 0.454. The summed E-state index contributed by atoms with van der Waals surface area (Å²) in [5.74, 6) is 0.769. The molecule has 2 heteroatoms. The molecular weight excluding hydrogens is 134 g/mol. The van der Waals surface area contributed by atoms with Gasteiger partial charge in [0.05, 0.1) is 0 Å². The zero-order chi connectivity index (χ0) is 7.72. The van der Waals surface area contributed by atoms with Crippen molar-refractivity contribution in [1.29, 1.82) is 0 Å². The Kier molecular flexibility index (Phi) is 2.27. The van der Waals surface area contributed by atoms with Gasteiger partial charge in [-0.25, -0.2) is 8.78 Å². The number of hydrogen-bond acceptors (Lipinski definition) is 0. The molecule has 2 aliphatic carbocycles. The highest BCUT2D eigenvalue weighted by Gasteiger charge is 2.32. The summed E-state index contributed by atoms with van der Waals surface area (Å²) < 4.78 is 23.0. The molecule has 0 amide bonds. The van der Waals surface area contributed by atoms with Crippen LogP contribution in [0.4, 0.5) is 8.78 Å². The first-order chi connectivity index (χ1) is 4.61. The van der Waals surface area contributed by atoms with Gasteiger partial charge in [0.1, 0.15) is 12.3 Å². The van der Waals surface area contributed by atoms with Crippen molar-refractivity contribution in [2.45, 2.75) is 39.0 Å². The van der Waals surface area contributed by atoms with Crippen molar-refractivity contribution in [3.63, 3.8) is 0 Å². The summed E-state index contributed by atoms with van der Waals surface area (Å²) in [6.07, 6.45) is 0.713. The van der Waals surface area contributed by atoms with Crippen LogP contribution < -0.4 is 0 Å². The van der Waals surface area contributed by atoms with Crippen LogP contribution in [0.2, 0.25) is 0 Å². The number of hydrogen-bond donors (Lipinski definition) is 0. The van der Waals surface area contributed by atoms with Crippen LogP contribution in [0.3, 0.4) is 0 Å². The second kappa shape index (κ2) is 2.85. The van der Waals surface area contributed by atoms with Gasteiger partial charge >= 0.3 is 0 Å². The lowest BCUT2D eigenvalue weighted by Crippen LogP contribution is -1.63. The zero-order valence-corrected chi connectivity index (χ0v) is 6.48. The maximum Gasteiger partial charge on any atom is 0.103 e. The molecule has 0 nitrogen and oxygen atoms in total. The first kappa shape index (κ1) is 7.96. The van der Waals surface area contributed by atoms with Gasteiger partial charge in [-0.3, -0.25) is 0 Å². The molecule has 0 radical (unpaired) electrons. The second-order valence-corrected chi connectivity index (χ2v) is 3.46. The molecule has 10 heavy (non-hydrogen) atoms. The first-order valence-electron chi connectivity index (χ1n) is 3.89. The van der Waals surface area contributed by atoms with Gasteiger partial charge in [0, 0.05) is 0 Å². The molecule has 0 saturated heterocycles. The van der Waals surface area contributed by atoms with E-state index in [2.05, 4.69) is 0 Å². The average molecular weight is 148 g/mol. The van der Waals surface area contributed by atoms with E-state index < -0.39 is 12.3 Å². The van der Waals surface area contributed by atoms with Crippen LogP contribution in [0.15, 0.2) is 0 Å². The van der Waals surface area contributed by atoms with Crippen LogP contribution in [-0.2, 0) is 0 Å². The van der Waals surface area contributed by atoms with E-state index in [1.807, 2.05) is 13.8 Å². The highest BCUT2D eigenvalue weighted by Crippen LogP contribution is 2.32. The highest BCUT2D eigenvalue weighted by molar-refractivity contribution is 4.81. The van der Waals surface area contributed by atoms with Crippen LogP contribution in [0.1, 0.15) is 26.7 Å². The smallest absolute Gasteiger partial charge is 0.103 e. The third kappa shape index (κ3) is 2.63. The maximum atomic E-state index is 11.5. The molecule has 2 rings (SSSR count). The van der Waals surface area contributed by atoms with Crippen LogP contribution in [0.5, 0.6) is 0 Å². The Hall–Kier alpha value is -0.140. The van der Waals surface area contributed by atoms with Crippen molar-refractivity contribution in [3.8, 4) is 0 Å². The molecule has 0 spiro atoms. The summed E-state index contributed by atoms with van der Waals surface area (Å²) in [6, 6.07) is 0. The van der Waals surface area contributed by atoms with E-state index in [9.17, 15) is 8.78 Å².